The van der Waals surface area contributed by atoms with Crippen molar-refractivity contribution in [2.24, 2.45) is 0 Å². The maximum Gasteiger partial charge on any atom is 0.121 e. The number of nitrogens with zero attached hydrogens (tertiary/aromatic N) is 4. The summed E-state index contributed by atoms with van der Waals surface area (Å²) in [5.74, 6) is 0. The number of hydrogen-bond acceptors (Lipinski definition) is 2. The molecule has 1 heterocycles. The number of imidazole rings is 1. The zero-order chi connectivity index (χ0) is 14.9. The molecule has 0 unspecified atom stereocenters. The molecule has 112 valence electrons. The van der Waals surface area contributed by atoms with E-state index in [1.54, 1.807) is 0 Å². The first-order valence-corrected chi connectivity index (χ1v) is 6.66. The van der Waals surface area contributed by atoms with Gasteiger partial charge in [0.15, 0.2) is 0 Å². The molecule has 0 aliphatic heterocycles. The Morgan fingerprint density at radius 2 is 1.90 bits per heavy atom. The molecule has 0 aliphatic rings. The fourth-order valence-electron chi connectivity index (χ4n) is 2.26. The van der Waals surface area contributed by atoms with Gasteiger partial charge in [-0.15, -0.1) is 0 Å². The summed E-state index contributed by atoms with van der Waals surface area (Å²) >= 11 is 0. The maximum atomic E-state index is 9.35. The third-order valence-corrected chi connectivity index (χ3v) is 3.23. The summed E-state index contributed by atoms with van der Waals surface area (Å²) in [5.41, 5.74) is 4.85. The van der Waals surface area contributed by atoms with Crippen LogP contribution in [0.2, 0.25) is 0 Å². The van der Waals surface area contributed by atoms with E-state index in [0.717, 1.165) is 33.7 Å². The molecule has 4 nitrogen and oxygen atoms in total. The zero-order valence-corrected chi connectivity index (χ0v) is 15.3. The van der Waals surface area contributed by atoms with Crippen molar-refractivity contribution in [1.82, 2.24) is 9.55 Å². The Labute approximate surface area is 143 Å². The van der Waals surface area contributed by atoms with Crippen LogP contribution in [0.25, 0.3) is 5.69 Å². The largest absolute Gasteiger partial charge is 1.00 e. The van der Waals surface area contributed by atoms with Crippen LogP contribution in [0.1, 0.15) is 22.5 Å². The Bertz CT molecular complexity index is 675. The topological polar surface area (TPSA) is 41.6 Å². The van der Waals surface area contributed by atoms with Crippen LogP contribution in [0.5, 0.6) is 0 Å². The highest BCUT2D eigenvalue weighted by Crippen LogP contribution is 2.21. The molecule has 0 radical (unpaired) electrons. The molecular formula is C16H21IN4. The average Bonchev–Trinajstić information content (AvgIpc) is 2.69. The summed E-state index contributed by atoms with van der Waals surface area (Å²) in [5, 5.41) is 9.35. The van der Waals surface area contributed by atoms with E-state index in [2.05, 4.69) is 32.2 Å². The van der Waals surface area contributed by atoms with Crippen molar-refractivity contribution in [1.29, 1.82) is 5.26 Å². The predicted octanol–water partition coefficient (Wildman–Crippen LogP) is -0.429. The normalized spacial score (nSPS) is 10.9. The van der Waals surface area contributed by atoms with Gasteiger partial charge in [-0.1, -0.05) is 6.07 Å². The summed E-state index contributed by atoms with van der Waals surface area (Å²) in [7, 11) is 6.45. The lowest BCUT2D eigenvalue weighted by Gasteiger charge is -2.25. The monoisotopic (exact) mass is 396 g/mol. The lowest BCUT2D eigenvalue weighted by Crippen LogP contribution is -3.00. The van der Waals surface area contributed by atoms with Crippen LogP contribution in [0, 0.1) is 25.2 Å². The standard InChI is InChI=1S/C16H21N4.HI/c1-12-6-7-15(14(8-12)9-17)19-11-18-13(2)16(19)10-20(3,4)5;/h6-8,11H,10H2,1-5H3;1H/q+1;/p-1. The Balaban J connectivity index is 0.00000220. The summed E-state index contributed by atoms with van der Waals surface area (Å²) in [6.07, 6.45) is 1.81. The second kappa shape index (κ2) is 6.58. The Morgan fingerprint density at radius 3 is 2.48 bits per heavy atom. The highest BCUT2D eigenvalue weighted by molar-refractivity contribution is 5.51. The van der Waals surface area contributed by atoms with Gasteiger partial charge in [0.1, 0.15) is 18.3 Å². The van der Waals surface area contributed by atoms with Gasteiger partial charge in [-0.3, -0.25) is 4.57 Å². The number of halogens is 1. The number of hydrogen-bond donors (Lipinski definition) is 0. The molecule has 21 heavy (non-hydrogen) atoms. The molecule has 2 rings (SSSR count). The molecule has 0 saturated carbocycles. The van der Waals surface area contributed by atoms with E-state index in [4.69, 9.17) is 0 Å². The van der Waals surface area contributed by atoms with Crippen molar-refractivity contribution >= 4 is 0 Å². The van der Waals surface area contributed by atoms with Gasteiger partial charge >= 0.3 is 0 Å². The summed E-state index contributed by atoms with van der Waals surface area (Å²) in [6, 6.07) is 8.22. The Kier molecular flexibility index (Phi) is 5.54. The molecule has 0 saturated heterocycles. The summed E-state index contributed by atoms with van der Waals surface area (Å²) < 4.78 is 2.86. The van der Waals surface area contributed by atoms with E-state index < -0.39 is 0 Å². The smallest absolute Gasteiger partial charge is 0.121 e. The molecule has 5 heteroatoms. The van der Waals surface area contributed by atoms with Crippen LogP contribution in [0.15, 0.2) is 24.5 Å². The number of rotatable bonds is 3. The number of nitriles is 1. The highest BCUT2D eigenvalue weighted by Gasteiger charge is 2.18. The predicted molar refractivity (Wildman–Crippen MR) is 79.5 cm³/mol. The quantitative estimate of drug-likeness (QED) is 0.522. The van der Waals surface area contributed by atoms with Gasteiger partial charge in [0, 0.05) is 0 Å². The number of aromatic nitrogens is 2. The first-order chi connectivity index (χ1) is 9.31. The Morgan fingerprint density at radius 1 is 1.24 bits per heavy atom. The van der Waals surface area contributed by atoms with Gasteiger partial charge in [0.25, 0.3) is 0 Å². The zero-order valence-electron chi connectivity index (χ0n) is 13.2. The molecule has 0 aliphatic carbocycles. The van der Waals surface area contributed by atoms with Crippen LogP contribution >= 0.6 is 0 Å². The molecule has 1 aromatic carbocycles. The molecule has 2 aromatic rings. The fraction of sp³-hybridized carbons (Fsp3) is 0.375. The number of benzene rings is 1. The van der Waals surface area contributed by atoms with Crippen LogP contribution in [-0.4, -0.2) is 35.2 Å². The van der Waals surface area contributed by atoms with Crippen molar-refractivity contribution < 1.29 is 28.5 Å². The second-order valence-corrected chi connectivity index (χ2v) is 6.23. The third kappa shape index (κ3) is 4.05. The molecule has 0 fully saturated rings. The van der Waals surface area contributed by atoms with E-state index >= 15 is 0 Å². The van der Waals surface area contributed by atoms with Crippen molar-refractivity contribution in [3.8, 4) is 11.8 Å². The maximum absolute atomic E-state index is 9.35. The van der Waals surface area contributed by atoms with Gasteiger partial charge in [-0.2, -0.15) is 5.26 Å². The average molecular weight is 396 g/mol. The Hall–Kier alpha value is -1.39. The summed E-state index contributed by atoms with van der Waals surface area (Å²) in [6.45, 7) is 4.88. The van der Waals surface area contributed by atoms with Crippen molar-refractivity contribution in [2.45, 2.75) is 20.4 Å². The van der Waals surface area contributed by atoms with Gasteiger partial charge in [0.05, 0.1) is 44.4 Å². The van der Waals surface area contributed by atoms with Gasteiger partial charge in [-0.25, -0.2) is 4.98 Å². The lowest BCUT2D eigenvalue weighted by atomic mass is 10.1. The minimum absolute atomic E-state index is 0. The lowest BCUT2D eigenvalue weighted by molar-refractivity contribution is -0.884. The number of aryl methyl sites for hydroxylation is 2. The third-order valence-electron chi connectivity index (χ3n) is 3.23. The number of quaternary nitrogens is 1. The van der Waals surface area contributed by atoms with E-state index in [1.165, 1.54) is 0 Å². The van der Waals surface area contributed by atoms with Crippen LogP contribution in [0.4, 0.5) is 0 Å². The SMILES string of the molecule is Cc1ccc(-n2cnc(C)c2C[N+](C)(C)C)c(C#N)c1.[I-]. The van der Waals surface area contributed by atoms with Crippen LogP contribution in [-0.2, 0) is 6.54 Å². The van der Waals surface area contributed by atoms with E-state index in [-0.39, 0.29) is 24.0 Å². The van der Waals surface area contributed by atoms with E-state index in [1.807, 2.05) is 42.9 Å². The molecule has 0 atom stereocenters. The fourth-order valence-corrected chi connectivity index (χ4v) is 2.26. The molecule has 0 bridgehead atoms. The van der Waals surface area contributed by atoms with Gasteiger partial charge < -0.3 is 28.5 Å². The molecule has 1 aromatic heterocycles. The van der Waals surface area contributed by atoms with Crippen LogP contribution in [0.3, 0.4) is 0 Å². The minimum Gasteiger partial charge on any atom is -1.00 e. The summed E-state index contributed by atoms with van der Waals surface area (Å²) in [4.78, 5) is 4.42. The highest BCUT2D eigenvalue weighted by atomic mass is 127. The van der Waals surface area contributed by atoms with E-state index in [0.29, 0.717) is 5.56 Å². The van der Waals surface area contributed by atoms with E-state index in [9.17, 15) is 5.26 Å². The molecule has 0 N–H and O–H groups in total. The molecular weight excluding hydrogens is 375 g/mol. The van der Waals surface area contributed by atoms with Gasteiger partial charge in [0.2, 0.25) is 0 Å². The van der Waals surface area contributed by atoms with Crippen LogP contribution < -0.4 is 24.0 Å². The first-order valence-electron chi connectivity index (χ1n) is 6.66. The van der Waals surface area contributed by atoms with Crippen molar-refractivity contribution in [3.05, 3.63) is 47.0 Å². The minimum atomic E-state index is 0. The van der Waals surface area contributed by atoms with Crippen molar-refractivity contribution in [2.75, 3.05) is 21.1 Å². The van der Waals surface area contributed by atoms with Gasteiger partial charge in [-0.05, 0) is 31.5 Å². The molecule has 0 spiro atoms. The second-order valence-electron chi connectivity index (χ2n) is 6.23. The molecule has 0 amide bonds. The first kappa shape index (κ1) is 17.7. The van der Waals surface area contributed by atoms with Crippen molar-refractivity contribution in [3.63, 3.8) is 0 Å².